The Bertz CT molecular complexity index is 426. The molecule has 1 saturated carbocycles. The molecular formula is C14H20N2O2. The Hall–Kier alpha value is -1.55. The first-order chi connectivity index (χ1) is 8.59. The Morgan fingerprint density at radius 1 is 1.44 bits per heavy atom. The first-order valence-corrected chi connectivity index (χ1v) is 6.25. The van der Waals surface area contributed by atoms with Crippen molar-refractivity contribution in [1.82, 2.24) is 5.32 Å². The maximum Gasteiger partial charge on any atom is 0.251 e. The average Bonchev–Trinajstić information content (AvgIpc) is 3.23. The maximum absolute atomic E-state index is 12.1. The summed E-state index contributed by atoms with van der Waals surface area (Å²) in [4.78, 5) is 12.1. The van der Waals surface area contributed by atoms with Gasteiger partial charge in [-0.25, -0.2) is 0 Å². The molecule has 1 atom stereocenters. The standard InChI is InChI=1S/C14H20N2O2/c1-14(9-15,11-5-6-11)16-13(17)10-3-7-12(18-2)8-4-10/h3-4,7-8,11H,5-6,9,15H2,1-2H3,(H,16,17). The third-order valence-corrected chi connectivity index (χ3v) is 3.65. The molecule has 0 radical (unpaired) electrons. The van der Waals surface area contributed by atoms with Gasteiger partial charge in [0.2, 0.25) is 0 Å². The van der Waals surface area contributed by atoms with E-state index in [1.807, 2.05) is 6.92 Å². The molecule has 1 amide bonds. The van der Waals surface area contributed by atoms with Crippen LogP contribution in [-0.2, 0) is 0 Å². The molecule has 0 spiro atoms. The fraction of sp³-hybridized carbons (Fsp3) is 0.500. The lowest BCUT2D eigenvalue weighted by atomic mass is 9.95. The quantitative estimate of drug-likeness (QED) is 0.831. The number of benzene rings is 1. The second kappa shape index (κ2) is 4.98. The molecule has 4 heteroatoms. The molecule has 0 saturated heterocycles. The normalized spacial score (nSPS) is 17.9. The highest BCUT2D eigenvalue weighted by molar-refractivity contribution is 5.94. The van der Waals surface area contributed by atoms with Gasteiger partial charge < -0.3 is 15.8 Å². The number of nitrogens with two attached hydrogens (primary N) is 1. The van der Waals surface area contributed by atoms with Gasteiger partial charge in [0, 0.05) is 12.1 Å². The van der Waals surface area contributed by atoms with Crippen molar-refractivity contribution in [3.63, 3.8) is 0 Å². The molecule has 98 valence electrons. The number of nitrogens with one attached hydrogen (secondary N) is 1. The van der Waals surface area contributed by atoms with Crippen LogP contribution in [0.1, 0.15) is 30.1 Å². The van der Waals surface area contributed by atoms with Gasteiger partial charge in [-0.1, -0.05) is 0 Å². The summed E-state index contributed by atoms with van der Waals surface area (Å²) < 4.78 is 5.07. The minimum Gasteiger partial charge on any atom is -0.497 e. The van der Waals surface area contributed by atoms with E-state index in [9.17, 15) is 4.79 Å². The number of carbonyl (C=O) groups is 1. The summed E-state index contributed by atoms with van der Waals surface area (Å²) in [5.41, 5.74) is 6.14. The lowest BCUT2D eigenvalue weighted by Gasteiger charge is -2.29. The SMILES string of the molecule is COc1ccc(C(=O)NC(C)(CN)C2CC2)cc1. The number of amides is 1. The van der Waals surface area contributed by atoms with Crippen LogP contribution in [0.3, 0.4) is 0 Å². The van der Waals surface area contributed by atoms with E-state index in [2.05, 4.69) is 5.32 Å². The van der Waals surface area contributed by atoms with E-state index in [0.717, 1.165) is 18.6 Å². The summed E-state index contributed by atoms with van der Waals surface area (Å²) in [7, 11) is 1.60. The van der Waals surface area contributed by atoms with Crippen LogP contribution in [0.15, 0.2) is 24.3 Å². The summed E-state index contributed by atoms with van der Waals surface area (Å²) >= 11 is 0. The van der Waals surface area contributed by atoms with Crippen molar-refractivity contribution in [3.05, 3.63) is 29.8 Å². The van der Waals surface area contributed by atoms with Crippen molar-refractivity contribution in [1.29, 1.82) is 0 Å². The minimum absolute atomic E-state index is 0.0718. The van der Waals surface area contributed by atoms with Crippen molar-refractivity contribution in [2.45, 2.75) is 25.3 Å². The van der Waals surface area contributed by atoms with Crippen LogP contribution in [0.5, 0.6) is 5.75 Å². The Morgan fingerprint density at radius 3 is 2.50 bits per heavy atom. The van der Waals surface area contributed by atoms with Crippen molar-refractivity contribution in [2.75, 3.05) is 13.7 Å². The fourth-order valence-corrected chi connectivity index (χ4v) is 2.11. The van der Waals surface area contributed by atoms with Crippen LogP contribution in [-0.4, -0.2) is 25.1 Å². The number of carbonyl (C=O) groups excluding carboxylic acids is 1. The van der Waals surface area contributed by atoms with Gasteiger partial charge in [-0.15, -0.1) is 0 Å². The zero-order valence-corrected chi connectivity index (χ0v) is 10.9. The number of hydrogen-bond acceptors (Lipinski definition) is 3. The molecule has 0 aromatic heterocycles. The molecular weight excluding hydrogens is 228 g/mol. The molecule has 1 aromatic rings. The van der Waals surface area contributed by atoms with Crippen LogP contribution in [0.4, 0.5) is 0 Å². The van der Waals surface area contributed by atoms with Gasteiger partial charge >= 0.3 is 0 Å². The second-order valence-electron chi connectivity index (χ2n) is 5.08. The van der Waals surface area contributed by atoms with Crippen molar-refractivity contribution in [2.24, 2.45) is 11.7 Å². The Kier molecular flexibility index (Phi) is 3.57. The summed E-state index contributed by atoms with van der Waals surface area (Å²) in [5, 5.41) is 3.05. The van der Waals surface area contributed by atoms with E-state index in [1.54, 1.807) is 31.4 Å². The molecule has 1 aromatic carbocycles. The van der Waals surface area contributed by atoms with E-state index in [-0.39, 0.29) is 11.4 Å². The van der Waals surface area contributed by atoms with Crippen molar-refractivity contribution in [3.8, 4) is 5.75 Å². The fourth-order valence-electron chi connectivity index (χ4n) is 2.11. The zero-order chi connectivity index (χ0) is 13.2. The molecule has 18 heavy (non-hydrogen) atoms. The van der Waals surface area contributed by atoms with Gasteiger partial charge in [-0.3, -0.25) is 4.79 Å². The monoisotopic (exact) mass is 248 g/mol. The highest BCUT2D eigenvalue weighted by Crippen LogP contribution is 2.39. The van der Waals surface area contributed by atoms with E-state index in [1.165, 1.54) is 0 Å². The average molecular weight is 248 g/mol. The van der Waals surface area contributed by atoms with Crippen LogP contribution >= 0.6 is 0 Å². The van der Waals surface area contributed by atoms with Crippen molar-refractivity contribution >= 4 is 5.91 Å². The zero-order valence-electron chi connectivity index (χ0n) is 10.9. The highest BCUT2D eigenvalue weighted by Gasteiger charge is 2.41. The van der Waals surface area contributed by atoms with Gasteiger partial charge in [-0.05, 0) is 49.9 Å². The topological polar surface area (TPSA) is 64.3 Å². The highest BCUT2D eigenvalue weighted by atomic mass is 16.5. The third kappa shape index (κ3) is 2.64. The molecule has 0 aliphatic heterocycles. The van der Waals surface area contributed by atoms with E-state index >= 15 is 0 Å². The lowest BCUT2D eigenvalue weighted by molar-refractivity contribution is 0.0898. The lowest BCUT2D eigenvalue weighted by Crippen LogP contribution is -2.53. The van der Waals surface area contributed by atoms with E-state index in [0.29, 0.717) is 18.0 Å². The molecule has 3 N–H and O–H groups in total. The van der Waals surface area contributed by atoms with Gasteiger partial charge in [0.05, 0.1) is 12.6 Å². The molecule has 1 fully saturated rings. The smallest absolute Gasteiger partial charge is 0.251 e. The Labute approximate surface area is 108 Å². The molecule has 2 rings (SSSR count). The second-order valence-corrected chi connectivity index (χ2v) is 5.08. The van der Waals surface area contributed by atoms with Crippen LogP contribution in [0.25, 0.3) is 0 Å². The first kappa shape index (κ1) is 12.9. The van der Waals surface area contributed by atoms with Crippen LogP contribution in [0.2, 0.25) is 0 Å². The Balaban J connectivity index is 2.06. The third-order valence-electron chi connectivity index (χ3n) is 3.65. The van der Waals surface area contributed by atoms with Crippen molar-refractivity contribution < 1.29 is 9.53 Å². The van der Waals surface area contributed by atoms with Gasteiger partial charge in [-0.2, -0.15) is 0 Å². The molecule has 0 bridgehead atoms. The predicted octanol–water partition coefficient (Wildman–Crippen LogP) is 1.55. The first-order valence-electron chi connectivity index (χ1n) is 6.25. The number of ether oxygens (including phenoxy) is 1. The van der Waals surface area contributed by atoms with Gasteiger partial charge in [0.1, 0.15) is 5.75 Å². The predicted molar refractivity (Wildman–Crippen MR) is 70.6 cm³/mol. The van der Waals surface area contributed by atoms with E-state index < -0.39 is 0 Å². The van der Waals surface area contributed by atoms with Gasteiger partial charge in [0.15, 0.2) is 0 Å². The molecule has 1 aliphatic carbocycles. The molecule has 1 aliphatic rings. The molecule has 4 nitrogen and oxygen atoms in total. The largest absolute Gasteiger partial charge is 0.497 e. The number of rotatable bonds is 5. The maximum atomic E-state index is 12.1. The Morgan fingerprint density at radius 2 is 2.06 bits per heavy atom. The van der Waals surface area contributed by atoms with Gasteiger partial charge in [0.25, 0.3) is 5.91 Å². The summed E-state index contributed by atoms with van der Waals surface area (Å²) in [6.45, 7) is 2.49. The van der Waals surface area contributed by atoms with E-state index in [4.69, 9.17) is 10.5 Å². The number of methoxy groups -OCH3 is 1. The summed E-state index contributed by atoms with van der Waals surface area (Å²) in [6, 6.07) is 7.09. The summed E-state index contributed by atoms with van der Waals surface area (Å²) in [5.74, 6) is 1.19. The number of hydrogen-bond donors (Lipinski definition) is 2. The van der Waals surface area contributed by atoms with Crippen LogP contribution < -0.4 is 15.8 Å². The minimum atomic E-state index is -0.281. The summed E-state index contributed by atoms with van der Waals surface area (Å²) in [6.07, 6.45) is 2.30. The van der Waals surface area contributed by atoms with Crippen LogP contribution in [0, 0.1) is 5.92 Å². The molecule has 1 unspecified atom stereocenters. The molecule has 0 heterocycles.